The van der Waals surface area contributed by atoms with E-state index in [1.807, 2.05) is 0 Å². The molecule has 3 aromatic carbocycles. The number of pyridine rings is 1. The number of sulfonamides is 1. The second-order valence-electron chi connectivity index (χ2n) is 10.2. The van der Waals surface area contributed by atoms with Crippen LogP contribution in [-0.2, 0) is 16.6 Å². The first-order valence-electron chi connectivity index (χ1n) is 13.4. The van der Waals surface area contributed by atoms with Crippen LogP contribution in [0.1, 0.15) is 15.9 Å². The zero-order valence-electron chi connectivity index (χ0n) is 23.8. The molecule has 0 aliphatic heterocycles. The third-order valence-electron chi connectivity index (χ3n) is 7.49. The van der Waals surface area contributed by atoms with E-state index < -0.39 is 27.6 Å². The highest BCUT2D eigenvalue weighted by molar-refractivity contribution is 7.92. The molecule has 224 valence electrons. The van der Waals surface area contributed by atoms with E-state index in [4.69, 9.17) is 9.40 Å². The molecule has 0 fully saturated rings. The molecule has 9 nitrogen and oxygen atoms in total. The SMILES string of the molecule is CNC(=O)c1c(-c2ccc(F)cc2)oc2cc(N(C)S(C)(=O)=O)c(-c3ccc(CO)c(-c4cc5c(F)cccc5[nH]4)n3)cc12. The molecule has 6 aromatic rings. The lowest BCUT2D eigenvalue weighted by molar-refractivity contribution is 0.0964. The van der Waals surface area contributed by atoms with Crippen molar-refractivity contribution < 1.29 is 31.5 Å². The maximum absolute atomic E-state index is 14.5. The Kier molecular flexibility index (Phi) is 7.18. The van der Waals surface area contributed by atoms with Gasteiger partial charge in [-0.05, 0) is 54.6 Å². The van der Waals surface area contributed by atoms with Gasteiger partial charge >= 0.3 is 0 Å². The molecular formula is C32H26F2N4O5S. The maximum atomic E-state index is 14.5. The number of amides is 1. The molecule has 0 aliphatic carbocycles. The highest BCUT2D eigenvalue weighted by Gasteiger charge is 2.27. The fourth-order valence-electron chi connectivity index (χ4n) is 5.18. The number of aliphatic hydroxyl groups excluding tert-OH is 1. The molecule has 3 heterocycles. The van der Waals surface area contributed by atoms with Gasteiger partial charge in [-0.25, -0.2) is 22.2 Å². The number of hydrogen-bond acceptors (Lipinski definition) is 6. The van der Waals surface area contributed by atoms with Gasteiger partial charge in [0.1, 0.15) is 23.0 Å². The van der Waals surface area contributed by atoms with Crippen LogP contribution in [-0.4, -0.2) is 49.8 Å². The van der Waals surface area contributed by atoms with Gasteiger partial charge in [0.15, 0.2) is 0 Å². The summed E-state index contributed by atoms with van der Waals surface area (Å²) in [4.78, 5) is 21.1. The van der Waals surface area contributed by atoms with Crippen LogP contribution in [0, 0.1) is 11.6 Å². The number of aromatic amines is 1. The van der Waals surface area contributed by atoms with Gasteiger partial charge in [0, 0.05) is 53.1 Å². The minimum atomic E-state index is -3.78. The number of H-pyrrole nitrogens is 1. The fraction of sp³-hybridized carbons (Fsp3) is 0.125. The lowest BCUT2D eigenvalue weighted by atomic mass is 10.00. The van der Waals surface area contributed by atoms with Crippen LogP contribution in [0.4, 0.5) is 14.5 Å². The van der Waals surface area contributed by atoms with Crippen molar-refractivity contribution in [2.24, 2.45) is 0 Å². The Labute approximate surface area is 250 Å². The average molecular weight is 617 g/mol. The average Bonchev–Trinajstić information content (AvgIpc) is 3.62. The molecule has 0 radical (unpaired) electrons. The third kappa shape index (κ3) is 4.97. The Morgan fingerprint density at radius 1 is 1.05 bits per heavy atom. The Balaban J connectivity index is 1.64. The molecular weight excluding hydrogens is 590 g/mol. The van der Waals surface area contributed by atoms with E-state index in [-0.39, 0.29) is 29.2 Å². The number of halogens is 2. The first-order chi connectivity index (χ1) is 21.0. The predicted molar refractivity (Wildman–Crippen MR) is 165 cm³/mol. The van der Waals surface area contributed by atoms with Gasteiger partial charge in [-0.1, -0.05) is 12.1 Å². The van der Waals surface area contributed by atoms with E-state index in [2.05, 4.69) is 10.3 Å². The molecule has 0 unspecified atom stereocenters. The summed E-state index contributed by atoms with van der Waals surface area (Å²) in [6.07, 6.45) is 1.05. The van der Waals surface area contributed by atoms with Gasteiger partial charge in [-0.3, -0.25) is 9.10 Å². The Hall–Kier alpha value is -5.07. The van der Waals surface area contributed by atoms with Crippen LogP contribution in [0.15, 0.2) is 77.2 Å². The number of benzene rings is 3. The number of rotatable bonds is 7. The van der Waals surface area contributed by atoms with Gasteiger partial charge < -0.3 is 19.8 Å². The molecule has 44 heavy (non-hydrogen) atoms. The smallest absolute Gasteiger partial charge is 0.255 e. The quantitative estimate of drug-likeness (QED) is 0.207. The van der Waals surface area contributed by atoms with Crippen LogP contribution >= 0.6 is 0 Å². The molecule has 3 N–H and O–H groups in total. The number of hydrogen-bond donors (Lipinski definition) is 3. The number of aliphatic hydroxyl groups is 1. The fourth-order valence-corrected chi connectivity index (χ4v) is 5.68. The summed E-state index contributed by atoms with van der Waals surface area (Å²) in [7, 11) is -0.931. The summed E-state index contributed by atoms with van der Waals surface area (Å²) >= 11 is 0. The summed E-state index contributed by atoms with van der Waals surface area (Å²) in [6.45, 7) is -0.362. The number of aromatic nitrogens is 2. The van der Waals surface area contributed by atoms with E-state index in [0.29, 0.717) is 50.1 Å². The lowest BCUT2D eigenvalue weighted by Crippen LogP contribution is -2.25. The molecule has 0 aliphatic rings. The second-order valence-corrected chi connectivity index (χ2v) is 12.2. The van der Waals surface area contributed by atoms with E-state index in [1.54, 1.807) is 36.4 Å². The van der Waals surface area contributed by atoms with E-state index in [1.165, 1.54) is 50.5 Å². The zero-order chi connectivity index (χ0) is 31.3. The van der Waals surface area contributed by atoms with Crippen LogP contribution < -0.4 is 9.62 Å². The highest BCUT2D eigenvalue weighted by atomic mass is 32.2. The van der Waals surface area contributed by atoms with Crippen molar-refractivity contribution in [1.29, 1.82) is 0 Å². The van der Waals surface area contributed by atoms with Crippen molar-refractivity contribution in [2.45, 2.75) is 6.61 Å². The first-order valence-corrected chi connectivity index (χ1v) is 15.3. The highest BCUT2D eigenvalue weighted by Crippen LogP contribution is 2.41. The molecule has 0 saturated carbocycles. The van der Waals surface area contributed by atoms with Crippen molar-refractivity contribution >= 4 is 43.5 Å². The van der Waals surface area contributed by atoms with Gasteiger partial charge in [-0.2, -0.15) is 0 Å². The van der Waals surface area contributed by atoms with Crippen molar-refractivity contribution in [3.8, 4) is 34.0 Å². The van der Waals surface area contributed by atoms with E-state index in [0.717, 1.165) is 10.6 Å². The third-order valence-corrected chi connectivity index (χ3v) is 8.69. The lowest BCUT2D eigenvalue weighted by Gasteiger charge is -2.21. The number of carbonyl (C=O) groups excluding carboxylic acids is 1. The number of nitrogens with one attached hydrogen (secondary N) is 2. The molecule has 0 atom stereocenters. The van der Waals surface area contributed by atoms with Crippen LogP contribution in [0.5, 0.6) is 0 Å². The van der Waals surface area contributed by atoms with Crippen molar-refractivity contribution in [3.05, 3.63) is 95.6 Å². The summed E-state index contributed by atoms with van der Waals surface area (Å²) in [5.74, 6) is -1.18. The topological polar surface area (TPSA) is 129 Å². The molecule has 0 saturated heterocycles. The minimum absolute atomic E-state index is 0.169. The Morgan fingerprint density at radius 2 is 1.80 bits per heavy atom. The number of nitrogens with zero attached hydrogens (tertiary/aromatic N) is 2. The first kappa shape index (κ1) is 29.0. The molecule has 12 heteroatoms. The molecule has 3 aromatic heterocycles. The predicted octanol–water partition coefficient (Wildman–Crippen LogP) is 5.84. The molecule has 0 spiro atoms. The van der Waals surface area contributed by atoms with Crippen molar-refractivity contribution in [3.63, 3.8) is 0 Å². The number of carbonyl (C=O) groups is 1. The van der Waals surface area contributed by atoms with Gasteiger partial charge in [-0.15, -0.1) is 0 Å². The Bertz CT molecular complexity index is 2190. The van der Waals surface area contributed by atoms with Gasteiger partial charge in [0.05, 0.1) is 41.2 Å². The standard InChI is InChI=1S/C32H26F2N4O5S/c1-35-32(40)29-22-13-21(25-12-9-18(16-39)30(37-25)26-14-20-23(34)5-4-6-24(20)36-26)27(38(2)44(3,41)42)15-28(22)43-31(29)17-7-10-19(33)11-8-17/h4-15,36,39H,16H2,1-3H3,(H,35,40). The summed E-state index contributed by atoms with van der Waals surface area (Å²) in [5, 5.41) is 13.4. The summed E-state index contributed by atoms with van der Waals surface area (Å²) in [6, 6.07) is 18.1. The normalized spacial score (nSPS) is 11.8. The largest absolute Gasteiger partial charge is 0.455 e. The van der Waals surface area contributed by atoms with Crippen molar-refractivity contribution in [1.82, 2.24) is 15.3 Å². The summed E-state index contributed by atoms with van der Waals surface area (Å²) < 4.78 is 60.9. The van der Waals surface area contributed by atoms with Crippen LogP contribution in [0.2, 0.25) is 0 Å². The summed E-state index contributed by atoms with van der Waals surface area (Å²) in [5.41, 5.74) is 3.47. The van der Waals surface area contributed by atoms with Gasteiger partial charge in [0.2, 0.25) is 10.0 Å². The molecule has 1 amide bonds. The monoisotopic (exact) mass is 616 g/mol. The van der Waals surface area contributed by atoms with Crippen molar-refractivity contribution in [2.75, 3.05) is 24.7 Å². The molecule has 6 rings (SSSR count). The van der Waals surface area contributed by atoms with E-state index in [9.17, 15) is 27.1 Å². The maximum Gasteiger partial charge on any atom is 0.255 e. The Morgan fingerprint density at radius 3 is 2.45 bits per heavy atom. The van der Waals surface area contributed by atoms with E-state index >= 15 is 0 Å². The second kappa shape index (κ2) is 10.9. The van der Waals surface area contributed by atoms with Crippen LogP contribution in [0.25, 0.3) is 55.8 Å². The van der Waals surface area contributed by atoms with Crippen LogP contribution in [0.3, 0.4) is 0 Å². The minimum Gasteiger partial charge on any atom is -0.455 e. The number of fused-ring (bicyclic) bond motifs is 2. The zero-order valence-corrected chi connectivity index (χ0v) is 24.6. The number of anilines is 1. The molecule has 0 bridgehead atoms. The number of furan rings is 1. The van der Waals surface area contributed by atoms with Gasteiger partial charge in [0.25, 0.3) is 5.91 Å².